The van der Waals surface area contributed by atoms with Crippen molar-refractivity contribution < 1.29 is 19.1 Å². The Bertz CT molecular complexity index is 1320. The zero-order valence-electron chi connectivity index (χ0n) is 20.2. The lowest BCUT2D eigenvalue weighted by Gasteiger charge is -2.36. The minimum absolute atomic E-state index is 0.0848. The third-order valence-electron chi connectivity index (χ3n) is 6.15. The molecule has 2 fully saturated rings. The summed E-state index contributed by atoms with van der Waals surface area (Å²) in [6.45, 7) is 6.39. The van der Waals surface area contributed by atoms with Crippen LogP contribution in [0.15, 0.2) is 34.1 Å². The first-order chi connectivity index (χ1) is 17.3. The predicted octanol–water partition coefficient (Wildman–Crippen LogP) is 1.95. The lowest BCUT2D eigenvalue weighted by atomic mass is 10.1. The van der Waals surface area contributed by atoms with Gasteiger partial charge in [-0.05, 0) is 38.5 Å². The number of pyridine rings is 1. The van der Waals surface area contributed by atoms with Crippen LogP contribution in [0.3, 0.4) is 0 Å². The van der Waals surface area contributed by atoms with E-state index in [0.29, 0.717) is 28.0 Å². The Morgan fingerprint density at radius 2 is 2.11 bits per heavy atom. The van der Waals surface area contributed by atoms with E-state index in [9.17, 15) is 19.2 Å². The smallest absolute Gasteiger partial charge is 0.308 e. The van der Waals surface area contributed by atoms with E-state index < -0.39 is 17.6 Å². The molecule has 0 aromatic carbocycles. The molecule has 1 N–H and O–H groups in total. The van der Waals surface area contributed by atoms with Crippen LogP contribution in [-0.4, -0.2) is 68.2 Å². The highest BCUT2D eigenvalue weighted by Crippen LogP contribution is 2.35. The van der Waals surface area contributed by atoms with Crippen LogP contribution in [0.2, 0.25) is 0 Å². The fourth-order valence-electron chi connectivity index (χ4n) is 4.16. The molecule has 0 spiro atoms. The van der Waals surface area contributed by atoms with Gasteiger partial charge in [0.25, 0.3) is 11.5 Å². The fraction of sp³-hybridized carbons (Fsp3) is 0.417. The standard InChI is InChI=1S/C24H27N5O5S2/c1-4-14(3)29-23(33)17(36-24(29)35)12-15-20(26-18-8-6-7-10-28(18)22(15)32)27-11-9-25-21(31)16(27)13-19(30)34-5-2/h6-8,10,12,14,16H,4-5,9,11,13H2,1-3H3,(H,25,31)/b17-12-/t14-,16-/m1/s1. The van der Waals surface area contributed by atoms with Crippen LogP contribution in [0, 0.1) is 0 Å². The topological polar surface area (TPSA) is 113 Å². The van der Waals surface area contributed by atoms with Gasteiger partial charge in [-0.1, -0.05) is 37.0 Å². The van der Waals surface area contributed by atoms with Crippen LogP contribution < -0.4 is 15.8 Å². The van der Waals surface area contributed by atoms with Gasteiger partial charge in [0.1, 0.15) is 21.8 Å². The lowest BCUT2D eigenvalue weighted by Crippen LogP contribution is -2.57. The number of carbonyl (C=O) groups is 3. The van der Waals surface area contributed by atoms with Gasteiger partial charge in [-0.3, -0.25) is 28.5 Å². The molecule has 4 rings (SSSR count). The van der Waals surface area contributed by atoms with Crippen LogP contribution in [-0.2, 0) is 19.1 Å². The molecule has 0 saturated carbocycles. The monoisotopic (exact) mass is 529 g/mol. The van der Waals surface area contributed by atoms with Gasteiger partial charge in [-0.25, -0.2) is 4.98 Å². The molecule has 2 atom stereocenters. The number of ether oxygens (including phenoxy) is 1. The zero-order valence-corrected chi connectivity index (χ0v) is 21.9. The number of thiocarbonyl (C=S) groups is 1. The van der Waals surface area contributed by atoms with Gasteiger partial charge < -0.3 is 15.0 Å². The van der Waals surface area contributed by atoms with E-state index in [1.165, 1.54) is 10.5 Å². The summed E-state index contributed by atoms with van der Waals surface area (Å²) >= 11 is 6.57. The summed E-state index contributed by atoms with van der Waals surface area (Å²) in [6, 6.07) is 4.14. The molecule has 0 bridgehead atoms. The van der Waals surface area contributed by atoms with Crippen molar-refractivity contribution in [3.8, 4) is 0 Å². The van der Waals surface area contributed by atoms with Gasteiger partial charge in [0.2, 0.25) is 5.91 Å². The Morgan fingerprint density at radius 3 is 2.83 bits per heavy atom. The lowest BCUT2D eigenvalue weighted by molar-refractivity contribution is -0.145. The second-order valence-corrected chi connectivity index (χ2v) is 10.1. The number of carbonyl (C=O) groups excluding carboxylic acids is 3. The summed E-state index contributed by atoms with van der Waals surface area (Å²) in [7, 11) is 0. The van der Waals surface area contributed by atoms with Gasteiger partial charge in [0.05, 0.1) is 23.5 Å². The number of aromatic nitrogens is 2. The third kappa shape index (κ3) is 4.87. The molecule has 36 heavy (non-hydrogen) atoms. The second-order valence-electron chi connectivity index (χ2n) is 8.40. The molecule has 2 amide bonds. The summed E-state index contributed by atoms with van der Waals surface area (Å²) in [6.07, 6.45) is 3.61. The maximum Gasteiger partial charge on any atom is 0.308 e. The number of nitrogens with one attached hydrogen (secondary N) is 1. The molecule has 0 aliphatic carbocycles. The van der Waals surface area contributed by atoms with Gasteiger partial charge in [-0.2, -0.15) is 0 Å². The quantitative estimate of drug-likeness (QED) is 0.327. The summed E-state index contributed by atoms with van der Waals surface area (Å²) in [5, 5.41) is 2.76. The Hall–Kier alpha value is -3.25. The van der Waals surface area contributed by atoms with E-state index in [4.69, 9.17) is 21.9 Å². The number of hydrogen-bond donors (Lipinski definition) is 1. The molecule has 0 unspecified atom stereocenters. The number of piperazine rings is 1. The number of fused-ring (bicyclic) bond motifs is 1. The first-order valence-corrected chi connectivity index (χ1v) is 13.0. The van der Waals surface area contributed by atoms with E-state index >= 15 is 0 Å². The van der Waals surface area contributed by atoms with Crippen molar-refractivity contribution in [2.45, 2.75) is 45.7 Å². The number of amides is 2. The van der Waals surface area contributed by atoms with Crippen molar-refractivity contribution in [3.63, 3.8) is 0 Å². The molecule has 2 aromatic heterocycles. The van der Waals surface area contributed by atoms with Crippen LogP contribution in [0.25, 0.3) is 11.7 Å². The molecule has 0 radical (unpaired) electrons. The minimum Gasteiger partial charge on any atom is -0.466 e. The number of nitrogens with zero attached hydrogens (tertiary/aromatic N) is 4. The Kier molecular flexibility index (Phi) is 7.74. The van der Waals surface area contributed by atoms with Crippen molar-refractivity contribution in [2.75, 3.05) is 24.6 Å². The highest BCUT2D eigenvalue weighted by molar-refractivity contribution is 8.26. The van der Waals surface area contributed by atoms with Crippen molar-refractivity contribution in [3.05, 3.63) is 45.2 Å². The Labute approximate surface area is 217 Å². The highest BCUT2D eigenvalue weighted by atomic mass is 32.2. The van der Waals surface area contributed by atoms with Crippen molar-refractivity contribution in [1.82, 2.24) is 19.6 Å². The number of esters is 1. The largest absolute Gasteiger partial charge is 0.466 e. The maximum atomic E-state index is 13.6. The molecule has 4 heterocycles. The van der Waals surface area contributed by atoms with Gasteiger partial charge in [0.15, 0.2) is 0 Å². The summed E-state index contributed by atoms with van der Waals surface area (Å²) in [4.78, 5) is 60.1. The molecule has 10 nitrogen and oxygen atoms in total. The average Bonchev–Trinajstić information content (AvgIpc) is 3.14. The molecule has 190 valence electrons. The van der Waals surface area contributed by atoms with Crippen molar-refractivity contribution in [2.24, 2.45) is 0 Å². The maximum absolute atomic E-state index is 13.6. The molecule has 2 saturated heterocycles. The summed E-state index contributed by atoms with van der Waals surface area (Å²) in [5.74, 6) is -0.942. The van der Waals surface area contributed by atoms with Gasteiger partial charge >= 0.3 is 5.97 Å². The zero-order chi connectivity index (χ0) is 26.0. The first-order valence-electron chi connectivity index (χ1n) is 11.7. The second kappa shape index (κ2) is 10.8. The Morgan fingerprint density at radius 1 is 1.33 bits per heavy atom. The van der Waals surface area contributed by atoms with Crippen LogP contribution in [0.1, 0.15) is 39.2 Å². The highest BCUT2D eigenvalue weighted by Gasteiger charge is 2.37. The van der Waals surface area contributed by atoms with Crippen LogP contribution in [0.5, 0.6) is 0 Å². The van der Waals surface area contributed by atoms with E-state index in [0.717, 1.165) is 18.2 Å². The number of anilines is 1. The van der Waals surface area contributed by atoms with Crippen molar-refractivity contribution in [1.29, 1.82) is 0 Å². The van der Waals surface area contributed by atoms with E-state index in [1.54, 1.807) is 41.1 Å². The predicted molar refractivity (Wildman–Crippen MR) is 142 cm³/mol. The average molecular weight is 530 g/mol. The number of thioether (sulfide) groups is 1. The molecular formula is C24H27N5O5S2. The Balaban J connectivity index is 1.86. The SMILES string of the molecule is CCOC(=O)C[C@@H]1C(=O)NCCN1c1nc2ccccn2c(=O)c1/C=C1\SC(=S)N([C@H](C)CC)C1=O. The normalized spacial score (nSPS) is 20.2. The number of rotatable bonds is 7. The van der Waals surface area contributed by atoms with Gasteiger partial charge in [0, 0.05) is 25.3 Å². The molecule has 12 heteroatoms. The third-order valence-corrected chi connectivity index (χ3v) is 7.48. The fourth-order valence-corrected chi connectivity index (χ4v) is 5.60. The summed E-state index contributed by atoms with van der Waals surface area (Å²) < 4.78 is 6.88. The van der Waals surface area contributed by atoms with E-state index in [-0.39, 0.29) is 42.3 Å². The van der Waals surface area contributed by atoms with E-state index in [1.807, 2.05) is 13.8 Å². The van der Waals surface area contributed by atoms with Crippen molar-refractivity contribution >= 4 is 63.6 Å². The van der Waals surface area contributed by atoms with Crippen LogP contribution in [0.4, 0.5) is 5.82 Å². The molecule has 2 aliphatic rings. The number of hydrogen-bond acceptors (Lipinski definition) is 9. The minimum atomic E-state index is -0.919. The summed E-state index contributed by atoms with van der Waals surface area (Å²) in [5.41, 5.74) is 0.125. The molecular weight excluding hydrogens is 502 g/mol. The van der Waals surface area contributed by atoms with Crippen LogP contribution >= 0.6 is 24.0 Å². The molecule has 2 aliphatic heterocycles. The molecule has 2 aromatic rings. The first kappa shape index (κ1) is 25.8. The van der Waals surface area contributed by atoms with Gasteiger partial charge in [-0.15, -0.1) is 0 Å². The van der Waals surface area contributed by atoms with E-state index in [2.05, 4.69) is 5.32 Å².